The van der Waals surface area contributed by atoms with Crippen molar-refractivity contribution in [1.82, 2.24) is 0 Å². The predicted octanol–water partition coefficient (Wildman–Crippen LogP) is 34.9. The highest BCUT2D eigenvalue weighted by Gasteiger charge is 2.22. The maximum Gasteiger partial charge on any atom is -0.00921 e. The molecular weight excluding hydrogens is 1300 g/mol. The van der Waals surface area contributed by atoms with Gasteiger partial charge in [-0.15, -0.1) is 0 Å². The Bertz CT molecular complexity index is 3390. The van der Waals surface area contributed by atoms with Gasteiger partial charge in [0, 0.05) is 0 Å². The van der Waals surface area contributed by atoms with E-state index >= 15 is 0 Å². The molecule has 0 aliphatic heterocycles. The van der Waals surface area contributed by atoms with Crippen LogP contribution >= 0.6 is 0 Å². The summed E-state index contributed by atoms with van der Waals surface area (Å²) < 4.78 is 0. The highest BCUT2D eigenvalue weighted by atomic mass is 14.3. The summed E-state index contributed by atoms with van der Waals surface area (Å²) >= 11 is 0. The van der Waals surface area contributed by atoms with Crippen LogP contribution in [-0.2, 0) is 38.5 Å². The molecule has 0 heterocycles. The molecule has 0 radical (unpaired) electrons. The van der Waals surface area contributed by atoms with Gasteiger partial charge in [-0.3, -0.25) is 0 Å². The molecule has 0 aromatic heterocycles. The molecule has 0 amide bonds. The SMILES string of the molecule is CCCCCCCCCc1ccc(-c2cc3c4cc(-c5ccc(CCCCCCCCC)cc5)c(-c5ccc(CCCCCCCCC)cc5)cc4c4cc(-c5ccc(CCCCCCCCC)cc5)c(-c5ccc(CCCCCCCCC)cc5)cc4c3cc2-c2ccc(CCCCCCCCC)cc2)cc1. The third-order valence-electron chi connectivity index (χ3n) is 24.3. The van der Waals surface area contributed by atoms with Crippen molar-refractivity contribution in [2.75, 3.05) is 0 Å². The molecule has 0 N–H and O–H groups in total. The van der Waals surface area contributed by atoms with E-state index in [9.17, 15) is 0 Å². The molecule has 0 saturated carbocycles. The van der Waals surface area contributed by atoms with Gasteiger partial charge in [-0.25, -0.2) is 0 Å². The average Bonchev–Trinajstić information content (AvgIpc) is 0.714. The quantitative estimate of drug-likeness (QED) is 0.0263. The second-order valence-electron chi connectivity index (χ2n) is 33.2. The van der Waals surface area contributed by atoms with Gasteiger partial charge in [0.2, 0.25) is 0 Å². The molecule has 0 nitrogen and oxygen atoms in total. The summed E-state index contributed by atoms with van der Waals surface area (Å²) in [5.74, 6) is 0. The number of rotatable bonds is 54. The number of hydrogen-bond donors (Lipinski definition) is 0. The van der Waals surface area contributed by atoms with Crippen LogP contribution in [0.4, 0.5) is 0 Å². The largest absolute Gasteiger partial charge is 0.0654 e. The van der Waals surface area contributed by atoms with Gasteiger partial charge in [0.25, 0.3) is 0 Å². The molecule has 0 bridgehead atoms. The summed E-state index contributed by atoms with van der Waals surface area (Å²) in [7, 11) is 0. The Kier molecular flexibility index (Phi) is 37.0. The minimum Gasteiger partial charge on any atom is -0.0654 e. The zero-order valence-corrected chi connectivity index (χ0v) is 69.3. The molecule has 0 atom stereocenters. The van der Waals surface area contributed by atoms with Gasteiger partial charge in [0.05, 0.1) is 0 Å². The lowest BCUT2D eigenvalue weighted by molar-refractivity contribution is 0.589. The minimum atomic E-state index is 1.14. The Morgan fingerprint density at radius 1 is 0.130 bits per heavy atom. The van der Waals surface area contributed by atoms with Gasteiger partial charge in [-0.1, -0.05) is 418 Å². The third kappa shape index (κ3) is 26.1. The fraction of sp³-hybridized carbons (Fsp3) is 0.500. The summed E-state index contributed by atoms with van der Waals surface area (Å²) in [6.45, 7) is 13.9. The molecule has 10 rings (SSSR count). The number of benzene rings is 10. The van der Waals surface area contributed by atoms with Crippen molar-refractivity contribution in [3.05, 3.63) is 215 Å². The molecule has 0 saturated heterocycles. The number of unbranched alkanes of at least 4 members (excludes halogenated alkanes) is 36. The van der Waals surface area contributed by atoms with Crippen LogP contribution in [-0.4, -0.2) is 0 Å². The minimum absolute atomic E-state index is 1.14. The van der Waals surface area contributed by atoms with Crippen molar-refractivity contribution in [1.29, 1.82) is 0 Å². The van der Waals surface area contributed by atoms with Crippen molar-refractivity contribution < 1.29 is 0 Å². The Labute approximate surface area is 660 Å². The van der Waals surface area contributed by atoms with Crippen molar-refractivity contribution in [2.24, 2.45) is 0 Å². The molecule has 0 heteroatoms. The van der Waals surface area contributed by atoms with Crippen LogP contribution in [0.3, 0.4) is 0 Å². The van der Waals surface area contributed by atoms with E-state index < -0.39 is 0 Å². The van der Waals surface area contributed by atoms with Crippen molar-refractivity contribution in [3.63, 3.8) is 0 Å². The molecular formula is C108H144. The zero-order valence-electron chi connectivity index (χ0n) is 69.3. The fourth-order valence-corrected chi connectivity index (χ4v) is 17.4. The van der Waals surface area contributed by atoms with Crippen LogP contribution in [0, 0.1) is 0 Å². The first-order chi connectivity index (χ1) is 53.4. The van der Waals surface area contributed by atoms with Crippen molar-refractivity contribution >= 4 is 32.3 Å². The predicted molar refractivity (Wildman–Crippen MR) is 482 cm³/mol. The Morgan fingerprint density at radius 2 is 0.241 bits per heavy atom. The number of hydrogen-bond acceptors (Lipinski definition) is 0. The molecule has 0 aliphatic carbocycles. The number of aryl methyl sites for hydroxylation is 6. The summed E-state index contributed by atoms with van der Waals surface area (Å²) in [4.78, 5) is 0. The summed E-state index contributed by atoms with van der Waals surface area (Å²) in [5, 5.41) is 7.95. The molecule has 10 aromatic rings. The second-order valence-corrected chi connectivity index (χ2v) is 33.2. The monoisotopic (exact) mass is 1440 g/mol. The average molecular weight is 1440 g/mol. The van der Waals surface area contributed by atoms with Gasteiger partial charge < -0.3 is 0 Å². The summed E-state index contributed by atoms with van der Waals surface area (Å²) in [6.07, 6.45) is 62.7. The summed E-state index contributed by atoms with van der Waals surface area (Å²) in [5.41, 5.74) is 24.4. The summed E-state index contributed by atoms with van der Waals surface area (Å²) in [6, 6.07) is 75.0. The van der Waals surface area contributed by atoms with E-state index in [1.54, 1.807) is 0 Å². The molecule has 0 unspecified atom stereocenters. The number of fused-ring (bicyclic) bond motifs is 6. The molecule has 108 heavy (non-hydrogen) atoms. The fourth-order valence-electron chi connectivity index (χ4n) is 17.4. The van der Waals surface area contributed by atoms with Crippen LogP contribution in [0.2, 0.25) is 0 Å². The first kappa shape index (κ1) is 83.5. The molecule has 10 aromatic carbocycles. The maximum atomic E-state index is 2.65. The van der Waals surface area contributed by atoms with Gasteiger partial charge >= 0.3 is 0 Å². The van der Waals surface area contributed by atoms with E-state index in [1.807, 2.05) is 0 Å². The first-order valence-electron chi connectivity index (χ1n) is 45.5. The van der Waals surface area contributed by atoms with Gasteiger partial charge in [0.15, 0.2) is 0 Å². The van der Waals surface area contributed by atoms with E-state index in [0.29, 0.717) is 0 Å². The van der Waals surface area contributed by atoms with Gasteiger partial charge in [0.1, 0.15) is 0 Å². The topological polar surface area (TPSA) is 0 Å². The highest BCUT2D eigenvalue weighted by molar-refractivity contribution is 6.29. The van der Waals surface area contributed by atoms with Crippen LogP contribution in [0.1, 0.15) is 345 Å². The van der Waals surface area contributed by atoms with Crippen LogP contribution in [0.25, 0.3) is 99.1 Å². The van der Waals surface area contributed by atoms with Crippen molar-refractivity contribution in [3.8, 4) is 66.8 Å². The molecule has 0 spiro atoms. The second kappa shape index (κ2) is 47.9. The standard InChI is InChI=1S/C108H144/c1-7-13-19-25-31-37-43-49-85-55-67-91(68-56-85)97-79-103-104(80-98(97)92-69-57-86(58-70-92)50-44-38-32-26-20-14-8-2)106-82-100(94-73-61-88(62-74-94)52-46-40-34-28-22-16-10-4)102(96-77-65-90(66-78-96)54-48-42-36-30-24-18-12-6)84-108(106)107-83-101(95-75-63-89(64-76-95)53-47-41-35-29-23-17-11-5)99(81-105(103)107)93-71-59-87(60-72-93)51-45-39-33-27-21-15-9-3/h55-84H,7-54H2,1-6H3. The van der Waals surface area contributed by atoms with E-state index in [4.69, 9.17) is 0 Å². The van der Waals surface area contributed by atoms with Crippen molar-refractivity contribution in [2.45, 2.75) is 350 Å². The highest BCUT2D eigenvalue weighted by Crippen LogP contribution is 2.49. The van der Waals surface area contributed by atoms with E-state index in [-0.39, 0.29) is 0 Å². The first-order valence-corrected chi connectivity index (χ1v) is 45.5. The Hall–Kier alpha value is -7.02. The zero-order chi connectivity index (χ0) is 75.0. The van der Waals surface area contributed by atoms with E-state index in [1.165, 1.54) is 402 Å². The van der Waals surface area contributed by atoms with Crippen LogP contribution < -0.4 is 0 Å². The lowest BCUT2D eigenvalue weighted by atomic mass is 9.82. The van der Waals surface area contributed by atoms with E-state index in [2.05, 4.69) is 224 Å². The Balaban J connectivity index is 1.17. The van der Waals surface area contributed by atoms with Crippen LogP contribution in [0.5, 0.6) is 0 Å². The molecule has 576 valence electrons. The third-order valence-corrected chi connectivity index (χ3v) is 24.3. The molecule has 0 fully saturated rings. The van der Waals surface area contributed by atoms with Crippen LogP contribution in [0.15, 0.2) is 182 Å². The normalized spacial score (nSPS) is 11.7. The smallest absolute Gasteiger partial charge is 0.00921 e. The lowest BCUT2D eigenvalue weighted by Gasteiger charge is -2.21. The molecule has 0 aliphatic rings. The van der Waals surface area contributed by atoms with Gasteiger partial charge in [-0.2, -0.15) is 0 Å². The van der Waals surface area contributed by atoms with Gasteiger partial charge in [-0.05, 0) is 246 Å². The Morgan fingerprint density at radius 3 is 0.361 bits per heavy atom. The van der Waals surface area contributed by atoms with E-state index in [0.717, 1.165) is 38.5 Å². The maximum absolute atomic E-state index is 2.65. The lowest BCUT2D eigenvalue weighted by Crippen LogP contribution is -1.95.